The normalized spacial score (nSPS) is 10.1. The Bertz CT molecular complexity index is 673. The molecule has 1 aromatic heterocycles. The molecule has 0 aliphatic heterocycles. The number of amides is 2. The van der Waals surface area contributed by atoms with E-state index in [1.165, 1.54) is 29.5 Å². The highest BCUT2D eigenvalue weighted by molar-refractivity contribution is 7.15. The molecular weight excluding hydrogens is 304 g/mol. The monoisotopic (exact) mass is 312 g/mol. The van der Waals surface area contributed by atoms with Crippen LogP contribution in [0.25, 0.3) is 0 Å². The lowest BCUT2D eigenvalue weighted by atomic mass is 10.2. The Morgan fingerprint density at radius 3 is 2.60 bits per heavy atom. The first-order valence-electron chi connectivity index (χ1n) is 5.36. The quantitative estimate of drug-likeness (QED) is 0.808. The second-order valence-corrected chi connectivity index (χ2v) is 5.29. The number of hydrogen-bond donors (Lipinski definition) is 3. The van der Waals surface area contributed by atoms with Crippen molar-refractivity contribution in [2.45, 2.75) is 6.92 Å². The van der Waals surface area contributed by atoms with Gasteiger partial charge in [0.15, 0.2) is 0 Å². The topological polar surface area (TPSA) is 104 Å². The van der Waals surface area contributed by atoms with Gasteiger partial charge in [0.25, 0.3) is 0 Å². The first-order valence-corrected chi connectivity index (χ1v) is 6.56. The van der Waals surface area contributed by atoms with Gasteiger partial charge in [0.2, 0.25) is 5.13 Å². The molecule has 0 saturated carbocycles. The summed E-state index contributed by atoms with van der Waals surface area (Å²) in [6.45, 7) is 1.77. The molecule has 2 aromatic rings. The minimum Gasteiger partial charge on any atom is -0.478 e. The van der Waals surface area contributed by atoms with E-state index in [0.29, 0.717) is 10.8 Å². The number of aryl methyl sites for hydroxylation is 1. The first kappa shape index (κ1) is 14.2. The van der Waals surface area contributed by atoms with Gasteiger partial charge in [0.05, 0.1) is 16.3 Å². The Morgan fingerprint density at radius 1 is 1.30 bits per heavy atom. The van der Waals surface area contributed by atoms with Crippen LogP contribution in [0, 0.1) is 6.92 Å². The van der Waals surface area contributed by atoms with Crippen molar-refractivity contribution in [2.24, 2.45) is 0 Å². The maximum Gasteiger partial charge on any atom is 0.335 e. The minimum absolute atomic E-state index is 0.0423. The van der Waals surface area contributed by atoms with E-state index >= 15 is 0 Å². The van der Waals surface area contributed by atoms with Gasteiger partial charge in [-0.1, -0.05) is 22.9 Å². The summed E-state index contributed by atoms with van der Waals surface area (Å²) in [6, 6.07) is 3.48. The standard InChI is InChI=1S/C11H9ClN4O3S/c1-5-15-16-11(20-5)14-10(19)13-8-3-2-6(9(17)18)4-7(8)12/h2-4H,1H3,(H,17,18)(H2,13,14,16,19). The molecule has 20 heavy (non-hydrogen) atoms. The maximum absolute atomic E-state index is 11.7. The maximum atomic E-state index is 11.7. The fourth-order valence-corrected chi connectivity index (χ4v) is 2.16. The lowest BCUT2D eigenvalue weighted by Gasteiger charge is -2.07. The summed E-state index contributed by atoms with van der Waals surface area (Å²) in [5, 5.41) is 22.5. The summed E-state index contributed by atoms with van der Waals surface area (Å²) in [5.74, 6) is -1.09. The Kier molecular flexibility index (Phi) is 4.16. The van der Waals surface area contributed by atoms with E-state index in [0.717, 1.165) is 5.01 Å². The predicted octanol–water partition coefficient (Wildman–Crippen LogP) is 2.84. The largest absolute Gasteiger partial charge is 0.478 e. The van der Waals surface area contributed by atoms with E-state index in [4.69, 9.17) is 16.7 Å². The molecule has 104 valence electrons. The Balaban J connectivity index is 2.06. The third kappa shape index (κ3) is 3.43. The number of halogens is 1. The third-order valence-corrected chi connectivity index (χ3v) is 3.28. The van der Waals surface area contributed by atoms with Crippen molar-refractivity contribution in [3.63, 3.8) is 0 Å². The van der Waals surface area contributed by atoms with Gasteiger partial charge in [-0.25, -0.2) is 9.59 Å². The first-order chi connectivity index (χ1) is 9.45. The molecule has 3 N–H and O–H groups in total. The fourth-order valence-electron chi connectivity index (χ4n) is 1.35. The van der Waals surface area contributed by atoms with E-state index in [9.17, 15) is 9.59 Å². The average Bonchev–Trinajstić information content (AvgIpc) is 2.77. The number of rotatable bonds is 3. The molecule has 2 rings (SSSR count). The highest BCUT2D eigenvalue weighted by Crippen LogP contribution is 2.23. The zero-order chi connectivity index (χ0) is 14.7. The number of nitrogens with one attached hydrogen (secondary N) is 2. The lowest BCUT2D eigenvalue weighted by Crippen LogP contribution is -2.19. The minimum atomic E-state index is -1.09. The molecule has 1 aromatic carbocycles. The number of hydrogen-bond acceptors (Lipinski definition) is 5. The molecule has 9 heteroatoms. The second kappa shape index (κ2) is 5.85. The second-order valence-electron chi connectivity index (χ2n) is 3.71. The molecule has 1 heterocycles. The van der Waals surface area contributed by atoms with Crippen LogP contribution in [0.15, 0.2) is 18.2 Å². The van der Waals surface area contributed by atoms with Crippen molar-refractivity contribution in [1.82, 2.24) is 10.2 Å². The van der Waals surface area contributed by atoms with E-state index in [1.54, 1.807) is 6.92 Å². The Morgan fingerprint density at radius 2 is 2.05 bits per heavy atom. The zero-order valence-electron chi connectivity index (χ0n) is 10.2. The van der Waals surface area contributed by atoms with Gasteiger partial charge in [0, 0.05) is 0 Å². The number of aromatic carboxylic acids is 1. The third-order valence-electron chi connectivity index (χ3n) is 2.21. The summed E-state index contributed by atoms with van der Waals surface area (Å²) < 4.78 is 0. The van der Waals surface area contributed by atoms with Crippen LogP contribution in [0.4, 0.5) is 15.6 Å². The van der Waals surface area contributed by atoms with Gasteiger partial charge in [-0.2, -0.15) is 0 Å². The molecule has 0 saturated heterocycles. The molecule has 0 spiro atoms. The van der Waals surface area contributed by atoms with Gasteiger partial charge < -0.3 is 10.4 Å². The van der Waals surface area contributed by atoms with Crippen molar-refractivity contribution in [2.75, 3.05) is 10.6 Å². The van der Waals surface area contributed by atoms with Crippen LogP contribution in [0.5, 0.6) is 0 Å². The highest BCUT2D eigenvalue weighted by atomic mass is 35.5. The number of carboxylic acids is 1. The van der Waals surface area contributed by atoms with Gasteiger partial charge in [0.1, 0.15) is 5.01 Å². The Labute approximate surface area is 122 Å². The van der Waals surface area contributed by atoms with Crippen molar-refractivity contribution >= 4 is 45.8 Å². The molecule has 0 radical (unpaired) electrons. The molecule has 7 nitrogen and oxygen atoms in total. The van der Waals surface area contributed by atoms with Crippen LogP contribution in [-0.2, 0) is 0 Å². The molecule has 0 bridgehead atoms. The van der Waals surface area contributed by atoms with Gasteiger partial charge in [-0.3, -0.25) is 5.32 Å². The van der Waals surface area contributed by atoms with Crippen LogP contribution >= 0.6 is 22.9 Å². The Hall–Kier alpha value is -2.19. The smallest absolute Gasteiger partial charge is 0.335 e. The summed E-state index contributed by atoms with van der Waals surface area (Å²) >= 11 is 7.13. The molecule has 0 aliphatic carbocycles. The molecule has 0 unspecified atom stereocenters. The number of carboxylic acid groups (broad SMARTS) is 1. The number of urea groups is 1. The number of carbonyl (C=O) groups is 2. The number of aromatic nitrogens is 2. The zero-order valence-corrected chi connectivity index (χ0v) is 11.7. The fraction of sp³-hybridized carbons (Fsp3) is 0.0909. The van der Waals surface area contributed by atoms with Crippen molar-refractivity contribution in [1.29, 1.82) is 0 Å². The van der Waals surface area contributed by atoms with Crippen molar-refractivity contribution in [3.8, 4) is 0 Å². The van der Waals surface area contributed by atoms with Crippen LogP contribution in [0.2, 0.25) is 5.02 Å². The van der Waals surface area contributed by atoms with Crippen molar-refractivity contribution < 1.29 is 14.7 Å². The van der Waals surface area contributed by atoms with E-state index < -0.39 is 12.0 Å². The highest BCUT2D eigenvalue weighted by Gasteiger charge is 2.11. The van der Waals surface area contributed by atoms with Crippen LogP contribution in [0.3, 0.4) is 0 Å². The molecule has 0 aliphatic rings. The van der Waals surface area contributed by atoms with Crippen LogP contribution in [0.1, 0.15) is 15.4 Å². The summed E-state index contributed by atoms with van der Waals surface area (Å²) in [7, 11) is 0. The molecular formula is C11H9ClN4O3S. The number of nitrogens with zero attached hydrogens (tertiary/aromatic N) is 2. The van der Waals surface area contributed by atoms with Gasteiger partial charge in [-0.05, 0) is 25.1 Å². The van der Waals surface area contributed by atoms with E-state index in [1.807, 2.05) is 0 Å². The van der Waals surface area contributed by atoms with Gasteiger partial charge in [-0.15, -0.1) is 10.2 Å². The molecule has 0 atom stereocenters. The van der Waals surface area contributed by atoms with E-state index in [-0.39, 0.29) is 10.6 Å². The predicted molar refractivity (Wildman–Crippen MR) is 75.7 cm³/mol. The summed E-state index contributed by atoms with van der Waals surface area (Å²) in [5.41, 5.74) is 0.344. The number of carbonyl (C=O) groups excluding carboxylic acids is 1. The molecule has 0 fully saturated rings. The van der Waals surface area contributed by atoms with E-state index in [2.05, 4.69) is 20.8 Å². The summed E-state index contributed by atoms with van der Waals surface area (Å²) in [6.07, 6.45) is 0. The van der Waals surface area contributed by atoms with Gasteiger partial charge >= 0.3 is 12.0 Å². The SMILES string of the molecule is Cc1nnc(NC(=O)Nc2ccc(C(=O)O)cc2Cl)s1. The average molecular weight is 313 g/mol. The van der Waals surface area contributed by atoms with Crippen LogP contribution in [-0.4, -0.2) is 27.3 Å². The lowest BCUT2D eigenvalue weighted by molar-refractivity contribution is 0.0697. The number of benzene rings is 1. The summed E-state index contributed by atoms with van der Waals surface area (Å²) in [4.78, 5) is 22.5. The molecule has 2 amide bonds. The van der Waals surface area contributed by atoms with Crippen molar-refractivity contribution in [3.05, 3.63) is 33.8 Å². The van der Waals surface area contributed by atoms with Crippen LogP contribution < -0.4 is 10.6 Å². The number of anilines is 2.